The molecule has 2 saturated carbocycles. The highest BCUT2D eigenvalue weighted by Crippen LogP contribution is 2.48. The van der Waals surface area contributed by atoms with Gasteiger partial charge in [0.2, 0.25) is 5.91 Å². The van der Waals surface area contributed by atoms with Gasteiger partial charge >= 0.3 is 0 Å². The lowest BCUT2D eigenvalue weighted by Crippen LogP contribution is -2.33. The number of hydrogen-bond donors (Lipinski definition) is 2. The molecule has 3 rings (SSSR count). The highest BCUT2D eigenvalue weighted by atomic mass is 19.1. The van der Waals surface area contributed by atoms with Crippen LogP contribution in [0.4, 0.5) is 4.39 Å². The number of aliphatic hydroxyl groups is 1. The van der Waals surface area contributed by atoms with E-state index >= 15 is 0 Å². The van der Waals surface area contributed by atoms with Crippen molar-refractivity contribution in [1.29, 1.82) is 0 Å². The van der Waals surface area contributed by atoms with Crippen molar-refractivity contribution in [1.82, 2.24) is 5.32 Å². The van der Waals surface area contributed by atoms with Crippen LogP contribution in [0.15, 0.2) is 24.3 Å². The van der Waals surface area contributed by atoms with Crippen LogP contribution in [-0.2, 0) is 4.79 Å². The number of rotatable bonds is 4. The zero-order valence-electron chi connectivity index (χ0n) is 11.4. The van der Waals surface area contributed by atoms with E-state index in [4.69, 9.17) is 0 Å². The number of carbonyl (C=O) groups excluding carboxylic acids is 1. The predicted molar refractivity (Wildman–Crippen MR) is 73.6 cm³/mol. The highest BCUT2D eigenvalue weighted by molar-refractivity contribution is 5.82. The topological polar surface area (TPSA) is 49.3 Å². The van der Waals surface area contributed by atoms with Crippen molar-refractivity contribution in [3.05, 3.63) is 35.6 Å². The maximum absolute atomic E-state index is 13.6. The van der Waals surface area contributed by atoms with Crippen molar-refractivity contribution in [2.24, 2.45) is 11.8 Å². The Kier molecular flexibility index (Phi) is 3.74. The Hall–Kier alpha value is -1.42. The molecule has 4 heteroatoms. The van der Waals surface area contributed by atoms with Gasteiger partial charge in [0.05, 0.1) is 6.10 Å². The summed E-state index contributed by atoms with van der Waals surface area (Å²) in [6.07, 6.45) is 3.28. The summed E-state index contributed by atoms with van der Waals surface area (Å²) in [5, 5.41) is 12.6. The molecule has 4 atom stereocenters. The van der Waals surface area contributed by atoms with Crippen LogP contribution >= 0.6 is 0 Å². The second-order valence-corrected chi connectivity index (χ2v) is 5.97. The van der Waals surface area contributed by atoms with Crippen LogP contribution in [0.5, 0.6) is 0 Å². The minimum atomic E-state index is -0.281. The van der Waals surface area contributed by atoms with Gasteiger partial charge in [-0.1, -0.05) is 24.6 Å². The van der Waals surface area contributed by atoms with E-state index in [1.807, 2.05) is 0 Å². The van der Waals surface area contributed by atoms with Gasteiger partial charge in [-0.05, 0) is 36.8 Å². The van der Waals surface area contributed by atoms with Gasteiger partial charge in [0.25, 0.3) is 0 Å². The molecule has 1 amide bonds. The molecule has 0 saturated heterocycles. The summed E-state index contributed by atoms with van der Waals surface area (Å²) < 4.78 is 13.6. The summed E-state index contributed by atoms with van der Waals surface area (Å²) in [5.41, 5.74) is 0.647. The average molecular weight is 277 g/mol. The number of carbonyl (C=O) groups is 1. The fraction of sp³-hybridized carbons (Fsp3) is 0.562. The number of nitrogens with one attached hydrogen (secondary N) is 1. The third kappa shape index (κ3) is 2.70. The lowest BCUT2D eigenvalue weighted by Gasteiger charge is -2.15. The first-order valence-electron chi connectivity index (χ1n) is 7.37. The Labute approximate surface area is 118 Å². The van der Waals surface area contributed by atoms with Gasteiger partial charge in [-0.2, -0.15) is 0 Å². The zero-order chi connectivity index (χ0) is 14.1. The molecule has 1 aromatic carbocycles. The monoisotopic (exact) mass is 277 g/mol. The fourth-order valence-corrected chi connectivity index (χ4v) is 3.22. The molecule has 0 heterocycles. The van der Waals surface area contributed by atoms with Crippen LogP contribution in [0.1, 0.15) is 37.2 Å². The SMILES string of the molecule is O=C(NCC1CCCC1O)C1CC1c1ccccc1F. The zero-order valence-corrected chi connectivity index (χ0v) is 11.4. The van der Waals surface area contributed by atoms with E-state index in [0.29, 0.717) is 12.1 Å². The summed E-state index contributed by atoms with van der Waals surface area (Å²) in [6.45, 7) is 0.542. The summed E-state index contributed by atoms with van der Waals surface area (Å²) in [6, 6.07) is 6.67. The van der Waals surface area contributed by atoms with E-state index in [0.717, 1.165) is 25.7 Å². The molecule has 0 aliphatic heterocycles. The van der Waals surface area contributed by atoms with E-state index in [1.165, 1.54) is 6.07 Å². The van der Waals surface area contributed by atoms with Gasteiger partial charge in [-0.15, -0.1) is 0 Å². The maximum Gasteiger partial charge on any atom is 0.223 e. The molecule has 2 fully saturated rings. The van der Waals surface area contributed by atoms with Crippen LogP contribution < -0.4 is 5.32 Å². The summed E-state index contributed by atoms with van der Waals surface area (Å²) in [5.74, 6) is -0.129. The molecule has 108 valence electrons. The van der Waals surface area contributed by atoms with E-state index < -0.39 is 0 Å². The third-order valence-corrected chi connectivity index (χ3v) is 4.59. The second kappa shape index (κ2) is 5.52. The van der Waals surface area contributed by atoms with Crippen molar-refractivity contribution in [3.8, 4) is 0 Å². The van der Waals surface area contributed by atoms with Crippen LogP contribution in [-0.4, -0.2) is 23.7 Å². The number of hydrogen-bond acceptors (Lipinski definition) is 2. The summed E-state index contributed by atoms with van der Waals surface area (Å²) in [7, 11) is 0. The van der Waals surface area contributed by atoms with Gasteiger partial charge < -0.3 is 10.4 Å². The molecular formula is C16H20FNO2. The maximum atomic E-state index is 13.6. The standard InChI is InChI=1S/C16H20FNO2/c17-14-6-2-1-5-11(14)12-8-13(12)16(20)18-9-10-4-3-7-15(10)19/h1-2,5-6,10,12-13,15,19H,3-4,7-9H2,(H,18,20). The van der Waals surface area contributed by atoms with E-state index in [9.17, 15) is 14.3 Å². The van der Waals surface area contributed by atoms with E-state index in [-0.39, 0.29) is 35.6 Å². The predicted octanol–water partition coefficient (Wildman–Crippen LogP) is 2.21. The second-order valence-electron chi connectivity index (χ2n) is 5.97. The van der Waals surface area contributed by atoms with Gasteiger partial charge in [0.15, 0.2) is 0 Å². The molecule has 20 heavy (non-hydrogen) atoms. The molecule has 3 nitrogen and oxygen atoms in total. The number of amides is 1. The van der Waals surface area contributed by atoms with Crippen molar-refractivity contribution >= 4 is 5.91 Å². The van der Waals surface area contributed by atoms with Gasteiger partial charge in [-0.25, -0.2) is 4.39 Å². The Bertz CT molecular complexity index is 505. The number of halogens is 1. The molecule has 0 aromatic heterocycles. The molecule has 0 spiro atoms. The molecule has 2 N–H and O–H groups in total. The van der Waals surface area contributed by atoms with Crippen molar-refractivity contribution in [2.45, 2.75) is 37.7 Å². The molecule has 1 aromatic rings. The Morgan fingerprint density at radius 3 is 2.85 bits per heavy atom. The van der Waals surface area contributed by atoms with E-state index in [2.05, 4.69) is 5.32 Å². The molecule has 2 aliphatic carbocycles. The molecule has 4 unspecified atom stereocenters. The van der Waals surface area contributed by atoms with Crippen molar-refractivity contribution < 1.29 is 14.3 Å². The smallest absolute Gasteiger partial charge is 0.223 e. The highest BCUT2D eigenvalue weighted by Gasteiger charge is 2.45. The van der Waals surface area contributed by atoms with E-state index in [1.54, 1.807) is 18.2 Å². The van der Waals surface area contributed by atoms with Crippen LogP contribution in [0, 0.1) is 17.7 Å². The molecule has 0 radical (unpaired) electrons. The molecule has 2 aliphatic rings. The fourth-order valence-electron chi connectivity index (χ4n) is 3.22. The van der Waals surface area contributed by atoms with Gasteiger partial charge in [0.1, 0.15) is 5.82 Å². The first-order chi connectivity index (χ1) is 9.66. The van der Waals surface area contributed by atoms with Gasteiger partial charge in [-0.3, -0.25) is 4.79 Å². The number of benzene rings is 1. The van der Waals surface area contributed by atoms with Crippen LogP contribution in [0.3, 0.4) is 0 Å². The van der Waals surface area contributed by atoms with Crippen molar-refractivity contribution in [2.75, 3.05) is 6.54 Å². The largest absolute Gasteiger partial charge is 0.393 e. The lowest BCUT2D eigenvalue weighted by molar-refractivity contribution is -0.122. The Morgan fingerprint density at radius 1 is 1.35 bits per heavy atom. The van der Waals surface area contributed by atoms with Crippen LogP contribution in [0.25, 0.3) is 0 Å². The molecular weight excluding hydrogens is 257 g/mol. The Balaban J connectivity index is 1.52. The first-order valence-corrected chi connectivity index (χ1v) is 7.37. The quantitative estimate of drug-likeness (QED) is 0.886. The summed E-state index contributed by atoms with van der Waals surface area (Å²) >= 11 is 0. The van der Waals surface area contributed by atoms with Gasteiger partial charge in [0, 0.05) is 18.4 Å². The Morgan fingerprint density at radius 2 is 2.15 bits per heavy atom. The minimum Gasteiger partial charge on any atom is -0.393 e. The van der Waals surface area contributed by atoms with Crippen LogP contribution in [0.2, 0.25) is 0 Å². The third-order valence-electron chi connectivity index (χ3n) is 4.59. The van der Waals surface area contributed by atoms with Crippen molar-refractivity contribution in [3.63, 3.8) is 0 Å². The number of aliphatic hydroxyl groups excluding tert-OH is 1. The minimum absolute atomic E-state index is 0.00245. The molecule has 0 bridgehead atoms. The average Bonchev–Trinajstić information content (AvgIpc) is 3.13. The normalized spacial score (nSPS) is 32.1. The lowest BCUT2D eigenvalue weighted by atomic mass is 10.1. The summed E-state index contributed by atoms with van der Waals surface area (Å²) in [4.78, 5) is 12.0. The first kappa shape index (κ1) is 13.6.